The molecular formula is C34H43N5O5S. The predicted octanol–water partition coefficient (Wildman–Crippen LogP) is 4.76. The number of fused-ring (bicyclic) bond motifs is 1. The Morgan fingerprint density at radius 2 is 1.84 bits per heavy atom. The molecule has 1 unspecified atom stereocenters. The van der Waals surface area contributed by atoms with Crippen LogP contribution in [-0.2, 0) is 11.3 Å². The number of piperidine rings is 1. The lowest BCUT2D eigenvalue weighted by Crippen LogP contribution is -2.48. The topological polar surface area (TPSA) is 109 Å². The van der Waals surface area contributed by atoms with Crippen LogP contribution in [-0.4, -0.2) is 78.8 Å². The van der Waals surface area contributed by atoms with E-state index in [1.165, 1.54) is 11.8 Å². The molecule has 3 aliphatic heterocycles. The van der Waals surface area contributed by atoms with Crippen molar-refractivity contribution in [2.45, 2.75) is 57.8 Å². The number of likely N-dealkylation sites (tertiary alicyclic amines) is 1. The molecule has 1 amide bonds. The summed E-state index contributed by atoms with van der Waals surface area (Å²) in [5, 5.41) is 3.00. The van der Waals surface area contributed by atoms with Crippen molar-refractivity contribution in [3.63, 3.8) is 0 Å². The lowest BCUT2D eigenvalue weighted by atomic mass is 9.89. The van der Waals surface area contributed by atoms with E-state index in [-0.39, 0.29) is 23.9 Å². The van der Waals surface area contributed by atoms with Crippen molar-refractivity contribution in [3.8, 4) is 22.6 Å². The molecule has 240 valence electrons. The second-order valence-corrected chi connectivity index (χ2v) is 13.0. The van der Waals surface area contributed by atoms with Gasteiger partial charge in [-0.15, -0.1) is 11.8 Å². The third-order valence-electron chi connectivity index (χ3n) is 9.38. The van der Waals surface area contributed by atoms with Crippen molar-refractivity contribution in [2.24, 2.45) is 5.92 Å². The Bertz CT molecular complexity index is 1610. The predicted molar refractivity (Wildman–Crippen MR) is 177 cm³/mol. The fraction of sp³-hybridized carbons (Fsp3) is 0.500. The zero-order chi connectivity index (χ0) is 31.7. The molecule has 3 aliphatic rings. The third kappa shape index (κ3) is 6.30. The molecule has 1 aromatic carbocycles. The highest BCUT2D eigenvalue weighted by Crippen LogP contribution is 2.52. The number of nitrogens with zero attached hydrogens (tertiary/aromatic N) is 3. The molecule has 5 heterocycles. The van der Waals surface area contributed by atoms with E-state index in [0.29, 0.717) is 41.4 Å². The van der Waals surface area contributed by atoms with E-state index in [2.05, 4.69) is 27.0 Å². The molecule has 1 atom stereocenters. The van der Waals surface area contributed by atoms with Crippen molar-refractivity contribution in [3.05, 3.63) is 63.2 Å². The maximum absolute atomic E-state index is 13.8. The van der Waals surface area contributed by atoms with Crippen molar-refractivity contribution >= 4 is 23.5 Å². The van der Waals surface area contributed by atoms with E-state index in [1.54, 1.807) is 0 Å². The number of aromatic amines is 1. The number of benzene rings is 1. The molecule has 0 saturated carbocycles. The zero-order valence-electron chi connectivity index (χ0n) is 26.8. The lowest BCUT2D eigenvalue weighted by molar-refractivity contribution is -0.124. The summed E-state index contributed by atoms with van der Waals surface area (Å²) >= 11 is 1.49. The van der Waals surface area contributed by atoms with Gasteiger partial charge in [0, 0.05) is 77.1 Å². The van der Waals surface area contributed by atoms with Gasteiger partial charge in [-0.1, -0.05) is 6.92 Å². The largest absolute Gasteiger partial charge is 0.448 e. The van der Waals surface area contributed by atoms with Crippen LogP contribution in [0.15, 0.2) is 40.2 Å². The summed E-state index contributed by atoms with van der Waals surface area (Å²) in [6.07, 6.45) is 5.71. The van der Waals surface area contributed by atoms with E-state index in [4.69, 9.17) is 19.2 Å². The van der Waals surface area contributed by atoms with Gasteiger partial charge in [-0.2, -0.15) is 0 Å². The highest BCUT2D eigenvalue weighted by atomic mass is 32.2. The van der Waals surface area contributed by atoms with Gasteiger partial charge in [0.1, 0.15) is 5.82 Å². The number of nitrogens with one attached hydrogen (secondary N) is 2. The molecule has 11 heteroatoms. The summed E-state index contributed by atoms with van der Waals surface area (Å²) in [6, 6.07) is 7.84. The molecule has 2 aromatic heterocycles. The molecule has 3 aromatic rings. The zero-order valence-corrected chi connectivity index (χ0v) is 27.6. The number of hydrogen-bond donors (Lipinski definition) is 2. The fourth-order valence-electron chi connectivity index (χ4n) is 6.60. The number of anilines is 1. The van der Waals surface area contributed by atoms with Crippen molar-refractivity contribution in [1.82, 2.24) is 20.2 Å². The highest BCUT2D eigenvalue weighted by Gasteiger charge is 2.47. The number of amides is 1. The van der Waals surface area contributed by atoms with Crippen LogP contribution in [0.25, 0.3) is 11.1 Å². The Labute approximate surface area is 268 Å². The monoisotopic (exact) mass is 633 g/mol. The van der Waals surface area contributed by atoms with Gasteiger partial charge in [0.15, 0.2) is 11.5 Å². The Kier molecular flexibility index (Phi) is 9.12. The maximum atomic E-state index is 13.8. The number of morpholine rings is 1. The summed E-state index contributed by atoms with van der Waals surface area (Å²) in [4.78, 5) is 39.7. The van der Waals surface area contributed by atoms with Crippen molar-refractivity contribution in [2.75, 3.05) is 57.1 Å². The maximum Gasteiger partial charge on any atom is 0.254 e. The quantitative estimate of drug-likeness (QED) is 0.340. The minimum Gasteiger partial charge on any atom is -0.448 e. The minimum atomic E-state index is -0.847. The van der Waals surface area contributed by atoms with Gasteiger partial charge in [0.25, 0.3) is 17.3 Å². The summed E-state index contributed by atoms with van der Waals surface area (Å²) in [5.74, 6) is 1.20. The molecule has 45 heavy (non-hydrogen) atoms. The molecule has 0 bridgehead atoms. The normalized spacial score (nSPS) is 20.4. The Morgan fingerprint density at radius 3 is 2.51 bits per heavy atom. The molecule has 2 fully saturated rings. The first-order chi connectivity index (χ1) is 21.7. The summed E-state index contributed by atoms with van der Waals surface area (Å²) in [6.45, 7) is 14.1. The van der Waals surface area contributed by atoms with Crippen LogP contribution in [0.2, 0.25) is 0 Å². The second-order valence-electron chi connectivity index (χ2n) is 12.2. The van der Waals surface area contributed by atoms with Gasteiger partial charge in [0.05, 0.1) is 13.2 Å². The summed E-state index contributed by atoms with van der Waals surface area (Å²) in [7, 11) is 0. The molecule has 10 nitrogen and oxygen atoms in total. The van der Waals surface area contributed by atoms with E-state index >= 15 is 0 Å². The SMILES string of the molecule is CCN1CCC(C2(C)Oc3c(-c4ccc(N5CCOCC5)nc4)cc(C(=O)NCc4c(SC)cc(C)[nH]c4=O)c(C)c3O2)CC1. The third-order valence-corrected chi connectivity index (χ3v) is 10.2. The number of aromatic nitrogens is 2. The Hall–Kier alpha value is -3.54. The number of ether oxygens (including phenoxy) is 3. The van der Waals surface area contributed by atoms with Crippen LogP contribution in [0, 0.1) is 19.8 Å². The molecule has 0 aliphatic carbocycles. The van der Waals surface area contributed by atoms with Crippen LogP contribution in [0.1, 0.15) is 53.9 Å². The van der Waals surface area contributed by atoms with Gasteiger partial charge in [-0.25, -0.2) is 4.98 Å². The van der Waals surface area contributed by atoms with Gasteiger partial charge in [-0.05, 0) is 76.8 Å². The smallest absolute Gasteiger partial charge is 0.254 e. The fourth-order valence-corrected chi connectivity index (χ4v) is 7.30. The Morgan fingerprint density at radius 1 is 1.11 bits per heavy atom. The van der Waals surface area contributed by atoms with Crippen LogP contribution in [0.5, 0.6) is 11.5 Å². The van der Waals surface area contributed by atoms with Gasteiger partial charge in [-0.3, -0.25) is 9.59 Å². The number of carbonyl (C=O) groups is 1. The minimum absolute atomic E-state index is 0.108. The first-order valence-corrected chi connectivity index (χ1v) is 17.0. The number of aryl methyl sites for hydroxylation is 1. The summed E-state index contributed by atoms with van der Waals surface area (Å²) < 4.78 is 19.0. The number of hydrogen-bond acceptors (Lipinski definition) is 9. The average Bonchev–Trinajstić information content (AvgIpc) is 3.43. The van der Waals surface area contributed by atoms with Crippen LogP contribution < -0.4 is 25.2 Å². The molecule has 2 N–H and O–H groups in total. The van der Waals surface area contributed by atoms with Crippen molar-refractivity contribution in [1.29, 1.82) is 0 Å². The highest BCUT2D eigenvalue weighted by molar-refractivity contribution is 7.98. The average molecular weight is 634 g/mol. The number of rotatable bonds is 8. The van der Waals surface area contributed by atoms with E-state index in [1.807, 2.05) is 57.5 Å². The standard InChI is InChI=1S/C34H43N5O5S/c1-6-38-11-9-24(10-12-38)34(4)43-30-22(3)25(32(40)36-20-27-28(45-5)17-21(2)37-33(27)41)18-26(31(30)44-34)23-7-8-29(35-19-23)39-13-15-42-16-14-39/h7-8,17-19,24H,6,9-16,20H2,1-5H3,(H,36,40)(H,37,41). The number of pyridine rings is 2. The number of thioether (sulfide) groups is 1. The molecule has 2 saturated heterocycles. The van der Waals surface area contributed by atoms with E-state index in [9.17, 15) is 9.59 Å². The van der Waals surface area contributed by atoms with E-state index in [0.717, 1.165) is 73.1 Å². The van der Waals surface area contributed by atoms with Gasteiger partial charge >= 0.3 is 0 Å². The number of H-pyrrole nitrogens is 1. The molecular weight excluding hydrogens is 590 g/mol. The molecule has 0 radical (unpaired) electrons. The molecule has 0 spiro atoms. The van der Waals surface area contributed by atoms with Crippen LogP contribution >= 0.6 is 11.8 Å². The van der Waals surface area contributed by atoms with E-state index < -0.39 is 5.79 Å². The lowest BCUT2D eigenvalue weighted by Gasteiger charge is -2.38. The van der Waals surface area contributed by atoms with Crippen molar-refractivity contribution < 1.29 is 19.0 Å². The van der Waals surface area contributed by atoms with Gasteiger partial charge in [0.2, 0.25) is 0 Å². The van der Waals surface area contributed by atoms with Gasteiger partial charge < -0.3 is 34.3 Å². The molecule has 6 rings (SSSR count). The first-order valence-electron chi connectivity index (χ1n) is 15.8. The summed E-state index contributed by atoms with van der Waals surface area (Å²) in [5.41, 5.74) is 3.91. The first kappa shape index (κ1) is 31.4. The van der Waals surface area contributed by atoms with Crippen LogP contribution in [0.3, 0.4) is 0 Å². The second kappa shape index (κ2) is 13.1. The Balaban J connectivity index is 1.34. The van der Waals surface area contributed by atoms with Crippen LogP contribution in [0.4, 0.5) is 5.82 Å². The number of carbonyl (C=O) groups excluding carboxylic acids is 1.